The van der Waals surface area contributed by atoms with Crippen LogP contribution in [0.3, 0.4) is 0 Å². The summed E-state index contributed by atoms with van der Waals surface area (Å²) in [5, 5.41) is 13.0. The average molecular weight is 251 g/mol. The first-order valence-corrected chi connectivity index (χ1v) is 6.40. The third kappa shape index (κ3) is 3.37. The zero-order chi connectivity index (χ0) is 13.0. The second-order valence-electron chi connectivity index (χ2n) is 4.79. The van der Waals surface area contributed by atoms with E-state index in [1.807, 2.05) is 12.1 Å². The maximum absolute atomic E-state index is 9.52. The minimum Gasteiger partial charge on any atom is -0.504 e. The van der Waals surface area contributed by atoms with Crippen molar-refractivity contribution in [3.05, 3.63) is 23.8 Å². The largest absolute Gasteiger partial charge is 0.504 e. The molecule has 0 aromatic heterocycles. The molecular formula is C14H21NO3. The molecule has 2 unspecified atom stereocenters. The summed E-state index contributed by atoms with van der Waals surface area (Å²) in [5.41, 5.74) is 1.11. The van der Waals surface area contributed by atoms with Crippen molar-refractivity contribution in [2.75, 3.05) is 13.7 Å². The van der Waals surface area contributed by atoms with Crippen molar-refractivity contribution in [3.63, 3.8) is 0 Å². The fourth-order valence-corrected chi connectivity index (χ4v) is 2.28. The van der Waals surface area contributed by atoms with Gasteiger partial charge in [0.1, 0.15) is 0 Å². The number of ether oxygens (including phenoxy) is 2. The van der Waals surface area contributed by atoms with E-state index in [1.165, 1.54) is 0 Å². The fourth-order valence-electron chi connectivity index (χ4n) is 2.28. The smallest absolute Gasteiger partial charge is 0.160 e. The van der Waals surface area contributed by atoms with E-state index in [4.69, 9.17) is 9.47 Å². The summed E-state index contributed by atoms with van der Waals surface area (Å²) in [6.07, 6.45) is 2.44. The van der Waals surface area contributed by atoms with Crippen molar-refractivity contribution < 1.29 is 14.6 Å². The van der Waals surface area contributed by atoms with Crippen LogP contribution in [0.25, 0.3) is 0 Å². The maximum atomic E-state index is 9.52. The number of benzene rings is 1. The van der Waals surface area contributed by atoms with Crippen molar-refractivity contribution in [1.29, 1.82) is 0 Å². The minimum absolute atomic E-state index is 0.181. The molecule has 1 saturated heterocycles. The Bertz CT molecular complexity index is 395. The van der Waals surface area contributed by atoms with Crippen LogP contribution in [0.5, 0.6) is 11.5 Å². The third-order valence-electron chi connectivity index (χ3n) is 3.32. The van der Waals surface area contributed by atoms with Gasteiger partial charge in [-0.05, 0) is 37.5 Å². The van der Waals surface area contributed by atoms with E-state index in [2.05, 4.69) is 12.2 Å². The molecule has 1 aliphatic heterocycles. The summed E-state index contributed by atoms with van der Waals surface area (Å²) in [4.78, 5) is 0. The Labute approximate surface area is 108 Å². The van der Waals surface area contributed by atoms with Crippen LogP contribution in [-0.2, 0) is 11.3 Å². The third-order valence-corrected chi connectivity index (χ3v) is 3.32. The van der Waals surface area contributed by atoms with Gasteiger partial charge in [-0.1, -0.05) is 6.07 Å². The first kappa shape index (κ1) is 13.2. The highest BCUT2D eigenvalue weighted by atomic mass is 16.5. The monoisotopic (exact) mass is 251 g/mol. The molecular weight excluding hydrogens is 230 g/mol. The van der Waals surface area contributed by atoms with Crippen LogP contribution in [0.4, 0.5) is 0 Å². The Morgan fingerprint density at radius 2 is 2.33 bits per heavy atom. The molecule has 2 atom stereocenters. The molecule has 1 heterocycles. The number of phenolic OH excluding ortho intramolecular Hbond substituents is 1. The minimum atomic E-state index is 0.181. The molecule has 100 valence electrons. The van der Waals surface area contributed by atoms with Crippen molar-refractivity contribution in [1.82, 2.24) is 5.32 Å². The van der Waals surface area contributed by atoms with Crippen LogP contribution in [-0.4, -0.2) is 31.0 Å². The Kier molecular flexibility index (Phi) is 4.44. The van der Waals surface area contributed by atoms with Crippen LogP contribution in [0, 0.1) is 0 Å². The van der Waals surface area contributed by atoms with Gasteiger partial charge < -0.3 is 19.9 Å². The Balaban J connectivity index is 1.89. The summed E-state index contributed by atoms with van der Waals surface area (Å²) in [6.45, 7) is 3.73. The maximum Gasteiger partial charge on any atom is 0.160 e. The van der Waals surface area contributed by atoms with Crippen LogP contribution in [0.2, 0.25) is 0 Å². The standard InChI is InChI=1S/C14H21NO3/c1-10-7-12(5-6-18-10)15-9-11-3-4-13(16)14(8-11)17-2/h3-4,8,10,12,15-16H,5-7,9H2,1-2H3. The van der Waals surface area contributed by atoms with Gasteiger partial charge in [0.2, 0.25) is 0 Å². The number of methoxy groups -OCH3 is 1. The summed E-state index contributed by atoms with van der Waals surface area (Å²) in [7, 11) is 1.56. The summed E-state index contributed by atoms with van der Waals surface area (Å²) < 4.78 is 10.6. The van der Waals surface area contributed by atoms with Gasteiger partial charge in [0.05, 0.1) is 13.2 Å². The number of phenols is 1. The van der Waals surface area contributed by atoms with Crippen LogP contribution >= 0.6 is 0 Å². The lowest BCUT2D eigenvalue weighted by molar-refractivity contribution is 0.0130. The number of aromatic hydroxyl groups is 1. The molecule has 1 aromatic rings. The van der Waals surface area contributed by atoms with Crippen molar-refractivity contribution in [2.45, 2.75) is 38.5 Å². The van der Waals surface area contributed by atoms with Crippen molar-refractivity contribution in [2.24, 2.45) is 0 Å². The molecule has 0 bridgehead atoms. The molecule has 18 heavy (non-hydrogen) atoms. The lowest BCUT2D eigenvalue weighted by atomic mass is 10.0. The van der Waals surface area contributed by atoms with Gasteiger partial charge in [0.15, 0.2) is 11.5 Å². The van der Waals surface area contributed by atoms with E-state index in [-0.39, 0.29) is 5.75 Å². The Hall–Kier alpha value is -1.26. The molecule has 2 N–H and O–H groups in total. The molecule has 2 rings (SSSR count). The van der Waals surface area contributed by atoms with Gasteiger partial charge in [-0.3, -0.25) is 0 Å². The van der Waals surface area contributed by atoms with Crippen LogP contribution < -0.4 is 10.1 Å². The van der Waals surface area contributed by atoms with Gasteiger partial charge in [-0.15, -0.1) is 0 Å². The number of hydrogen-bond acceptors (Lipinski definition) is 4. The first-order chi connectivity index (χ1) is 8.69. The van der Waals surface area contributed by atoms with Crippen molar-refractivity contribution in [3.8, 4) is 11.5 Å². The number of rotatable bonds is 4. The number of hydrogen-bond donors (Lipinski definition) is 2. The second kappa shape index (κ2) is 6.07. The highest BCUT2D eigenvalue weighted by molar-refractivity contribution is 5.41. The van der Waals surface area contributed by atoms with E-state index >= 15 is 0 Å². The SMILES string of the molecule is COc1cc(CNC2CCOC(C)C2)ccc1O. The molecule has 4 nitrogen and oxygen atoms in total. The van der Waals surface area contributed by atoms with Gasteiger partial charge in [-0.25, -0.2) is 0 Å². The highest BCUT2D eigenvalue weighted by Crippen LogP contribution is 2.26. The van der Waals surface area contributed by atoms with Gasteiger partial charge in [-0.2, -0.15) is 0 Å². The summed E-state index contributed by atoms with van der Waals surface area (Å²) in [5.74, 6) is 0.704. The predicted molar refractivity (Wildman–Crippen MR) is 69.9 cm³/mol. The summed E-state index contributed by atoms with van der Waals surface area (Å²) >= 11 is 0. The van der Waals surface area contributed by atoms with E-state index < -0.39 is 0 Å². The normalized spacial score (nSPS) is 23.9. The molecule has 1 aliphatic rings. The molecule has 0 spiro atoms. The molecule has 0 aliphatic carbocycles. The second-order valence-corrected chi connectivity index (χ2v) is 4.79. The van der Waals surface area contributed by atoms with Crippen molar-refractivity contribution >= 4 is 0 Å². The molecule has 0 radical (unpaired) electrons. The lowest BCUT2D eigenvalue weighted by Gasteiger charge is -2.28. The topological polar surface area (TPSA) is 50.7 Å². The Morgan fingerprint density at radius 1 is 1.50 bits per heavy atom. The molecule has 1 aromatic carbocycles. The zero-order valence-electron chi connectivity index (χ0n) is 11.0. The summed E-state index contributed by atoms with van der Waals surface area (Å²) in [6, 6.07) is 5.95. The van der Waals surface area contributed by atoms with Gasteiger partial charge in [0.25, 0.3) is 0 Å². The Morgan fingerprint density at radius 3 is 3.06 bits per heavy atom. The fraction of sp³-hybridized carbons (Fsp3) is 0.571. The van der Waals surface area contributed by atoms with Gasteiger partial charge in [0, 0.05) is 19.2 Å². The van der Waals surface area contributed by atoms with E-state index in [1.54, 1.807) is 13.2 Å². The van der Waals surface area contributed by atoms with E-state index in [9.17, 15) is 5.11 Å². The van der Waals surface area contributed by atoms with Crippen LogP contribution in [0.15, 0.2) is 18.2 Å². The average Bonchev–Trinajstić information content (AvgIpc) is 2.38. The lowest BCUT2D eigenvalue weighted by Crippen LogP contribution is -2.37. The predicted octanol–water partition coefficient (Wildman–Crippen LogP) is 2.06. The molecule has 4 heteroatoms. The molecule has 0 amide bonds. The number of nitrogens with one attached hydrogen (secondary N) is 1. The van der Waals surface area contributed by atoms with Crippen LogP contribution in [0.1, 0.15) is 25.3 Å². The molecule has 0 saturated carbocycles. The highest BCUT2D eigenvalue weighted by Gasteiger charge is 2.18. The molecule has 1 fully saturated rings. The quantitative estimate of drug-likeness (QED) is 0.860. The zero-order valence-corrected chi connectivity index (χ0v) is 11.0. The first-order valence-electron chi connectivity index (χ1n) is 6.40. The van der Waals surface area contributed by atoms with E-state index in [0.29, 0.717) is 17.9 Å². The van der Waals surface area contributed by atoms with Gasteiger partial charge >= 0.3 is 0 Å². The van der Waals surface area contributed by atoms with E-state index in [0.717, 1.165) is 31.6 Å².